The van der Waals surface area contributed by atoms with Crippen molar-refractivity contribution in [3.05, 3.63) is 30.0 Å². The predicted octanol–water partition coefficient (Wildman–Crippen LogP) is 3.69. The Bertz CT molecular complexity index is 698. The predicted molar refractivity (Wildman–Crippen MR) is 84.1 cm³/mol. The Labute approximate surface area is 128 Å². The molecule has 1 aromatic heterocycles. The molecule has 1 aromatic carbocycles. The van der Waals surface area contributed by atoms with Gasteiger partial charge in [0.2, 0.25) is 0 Å². The van der Waals surface area contributed by atoms with Crippen LogP contribution < -0.4 is 5.32 Å². The van der Waals surface area contributed by atoms with E-state index in [1.165, 1.54) is 0 Å². The zero-order chi connectivity index (χ0) is 16.3. The lowest BCUT2D eigenvalue weighted by molar-refractivity contribution is 0.00651. The van der Waals surface area contributed by atoms with Crippen LogP contribution in [0.25, 0.3) is 10.9 Å². The van der Waals surface area contributed by atoms with E-state index in [9.17, 15) is 9.59 Å². The van der Waals surface area contributed by atoms with Crippen LogP contribution >= 0.6 is 0 Å². The Morgan fingerprint density at radius 1 is 1.23 bits per heavy atom. The minimum absolute atomic E-state index is 0.198. The molecule has 1 amide bonds. The monoisotopic (exact) mass is 304 g/mol. The van der Waals surface area contributed by atoms with Crippen LogP contribution in [0.1, 0.15) is 38.2 Å². The van der Waals surface area contributed by atoms with E-state index in [0.717, 1.165) is 10.9 Å². The fourth-order valence-corrected chi connectivity index (χ4v) is 2.02. The maximum atomic E-state index is 12.3. The highest BCUT2D eigenvalue weighted by molar-refractivity contribution is 6.10. The molecule has 0 bridgehead atoms. The lowest BCUT2D eigenvalue weighted by Crippen LogP contribution is -2.25. The van der Waals surface area contributed by atoms with Gasteiger partial charge in [0.05, 0.1) is 12.3 Å². The summed E-state index contributed by atoms with van der Waals surface area (Å²) in [5.41, 5.74) is 0.665. The molecule has 6 nitrogen and oxygen atoms in total. The molecule has 0 saturated carbocycles. The van der Waals surface area contributed by atoms with Crippen molar-refractivity contribution in [2.45, 2.75) is 33.3 Å². The highest BCUT2D eigenvalue weighted by Crippen LogP contribution is 2.29. The number of hydrogen-bond donors (Lipinski definition) is 2. The number of aromatic amines is 1. The average molecular weight is 304 g/mol. The molecule has 0 saturated heterocycles. The van der Waals surface area contributed by atoms with E-state index < -0.39 is 17.7 Å². The number of anilines is 1. The van der Waals surface area contributed by atoms with Crippen molar-refractivity contribution in [2.75, 3.05) is 11.9 Å². The summed E-state index contributed by atoms with van der Waals surface area (Å²) >= 11 is 0. The third-order valence-electron chi connectivity index (χ3n) is 2.81. The summed E-state index contributed by atoms with van der Waals surface area (Å²) in [5, 5.41) is 3.33. The second-order valence-corrected chi connectivity index (χ2v) is 5.77. The Kier molecular flexibility index (Phi) is 4.40. The smallest absolute Gasteiger partial charge is 0.411 e. The van der Waals surface area contributed by atoms with E-state index in [4.69, 9.17) is 9.47 Å². The average Bonchev–Trinajstić information content (AvgIpc) is 2.76. The maximum Gasteiger partial charge on any atom is 0.411 e. The van der Waals surface area contributed by atoms with Crippen LogP contribution in [0.3, 0.4) is 0 Å². The molecule has 0 aliphatic heterocycles. The summed E-state index contributed by atoms with van der Waals surface area (Å²) in [5.74, 6) is -0.532. The molecule has 0 fully saturated rings. The molecule has 0 unspecified atom stereocenters. The molecule has 0 atom stereocenters. The van der Waals surface area contributed by atoms with Crippen molar-refractivity contribution in [1.29, 1.82) is 0 Å². The highest BCUT2D eigenvalue weighted by atomic mass is 16.6. The van der Waals surface area contributed by atoms with Gasteiger partial charge in [-0.1, -0.05) is 18.2 Å². The summed E-state index contributed by atoms with van der Waals surface area (Å²) in [4.78, 5) is 27.0. The molecule has 2 aromatic rings. The quantitative estimate of drug-likeness (QED) is 0.847. The Morgan fingerprint density at radius 3 is 2.55 bits per heavy atom. The Hall–Kier alpha value is -2.50. The van der Waals surface area contributed by atoms with Crippen LogP contribution in [0, 0.1) is 0 Å². The SMILES string of the molecule is CCOC(=O)Nc1c(C(=O)OC(C)(C)C)[nH]c2ccccc12. The lowest BCUT2D eigenvalue weighted by Gasteiger charge is -2.19. The number of carbonyl (C=O) groups excluding carboxylic acids is 2. The van der Waals surface area contributed by atoms with Gasteiger partial charge in [-0.25, -0.2) is 9.59 Å². The van der Waals surface area contributed by atoms with E-state index >= 15 is 0 Å². The van der Waals surface area contributed by atoms with Gasteiger partial charge in [0.1, 0.15) is 11.3 Å². The number of carbonyl (C=O) groups is 2. The van der Waals surface area contributed by atoms with Gasteiger partial charge in [-0.3, -0.25) is 5.32 Å². The van der Waals surface area contributed by atoms with Crippen LogP contribution in [0.4, 0.5) is 10.5 Å². The van der Waals surface area contributed by atoms with E-state index in [2.05, 4.69) is 10.3 Å². The summed E-state index contributed by atoms with van der Waals surface area (Å²) in [7, 11) is 0. The second-order valence-electron chi connectivity index (χ2n) is 5.77. The molecule has 6 heteroatoms. The minimum Gasteiger partial charge on any atom is -0.455 e. The van der Waals surface area contributed by atoms with Crippen molar-refractivity contribution in [3.8, 4) is 0 Å². The standard InChI is InChI=1S/C16H20N2O4/c1-5-21-15(20)18-12-10-8-6-7-9-11(10)17-13(12)14(19)22-16(2,3)4/h6-9,17H,5H2,1-4H3,(H,18,20). The third-order valence-corrected chi connectivity index (χ3v) is 2.81. The van der Waals surface area contributed by atoms with Gasteiger partial charge >= 0.3 is 12.1 Å². The summed E-state index contributed by atoms with van der Waals surface area (Å²) in [6.07, 6.45) is -0.614. The van der Waals surface area contributed by atoms with Crippen molar-refractivity contribution >= 4 is 28.7 Å². The first-order chi connectivity index (χ1) is 10.3. The summed E-state index contributed by atoms with van der Waals surface area (Å²) in [6, 6.07) is 7.29. The van der Waals surface area contributed by atoms with Crippen LogP contribution in [-0.2, 0) is 9.47 Å². The Morgan fingerprint density at radius 2 is 1.91 bits per heavy atom. The molecule has 2 N–H and O–H groups in total. The zero-order valence-corrected chi connectivity index (χ0v) is 13.1. The molecule has 0 radical (unpaired) electrons. The molecular formula is C16H20N2O4. The van der Waals surface area contributed by atoms with Crippen molar-refractivity contribution in [1.82, 2.24) is 4.98 Å². The van der Waals surface area contributed by atoms with Crippen LogP contribution in [0.15, 0.2) is 24.3 Å². The Balaban J connectivity index is 2.43. The molecule has 22 heavy (non-hydrogen) atoms. The number of ether oxygens (including phenoxy) is 2. The number of amides is 1. The highest BCUT2D eigenvalue weighted by Gasteiger charge is 2.24. The van der Waals surface area contributed by atoms with Crippen molar-refractivity contribution in [2.24, 2.45) is 0 Å². The molecule has 0 aliphatic rings. The van der Waals surface area contributed by atoms with Crippen LogP contribution in [0.5, 0.6) is 0 Å². The number of rotatable bonds is 3. The normalized spacial score (nSPS) is 11.3. The topological polar surface area (TPSA) is 80.4 Å². The molecule has 0 aliphatic carbocycles. The van der Waals surface area contributed by atoms with Gasteiger partial charge in [0.15, 0.2) is 0 Å². The molecule has 0 spiro atoms. The summed E-state index contributed by atoms with van der Waals surface area (Å²) in [6.45, 7) is 7.31. The summed E-state index contributed by atoms with van der Waals surface area (Å²) < 4.78 is 10.3. The second kappa shape index (κ2) is 6.09. The number of nitrogens with one attached hydrogen (secondary N) is 2. The van der Waals surface area contributed by atoms with Gasteiger partial charge in [-0.2, -0.15) is 0 Å². The number of para-hydroxylation sites is 1. The number of benzene rings is 1. The van der Waals surface area contributed by atoms with E-state index in [0.29, 0.717) is 5.69 Å². The number of fused-ring (bicyclic) bond motifs is 1. The van der Waals surface area contributed by atoms with Crippen molar-refractivity contribution < 1.29 is 19.1 Å². The minimum atomic E-state index is -0.629. The number of H-pyrrole nitrogens is 1. The van der Waals surface area contributed by atoms with E-state index in [1.54, 1.807) is 33.8 Å². The van der Waals surface area contributed by atoms with Gasteiger partial charge < -0.3 is 14.5 Å². The van der Waals surface area contributed by atoms with Gasteiger partial charge in [0, 0.05) is 10.9 Å². The van der Waals surface area contributed by atoms with Crippen molar-refractivity contribution in [3.63, 3.8) is 0 Å². The third kappa shape index (κ3) is 3.58. The van der Waals surface area contributed by atoms with Gasteiger partial charge in [-0.15, -0.1) is 0 Å². The molecule has 2 rings (SSSR count). The van der Waals surface area contributed by atoms with E-state index in [-0.39, 0.29) is 12.3 Å². The van der Waals surface area contributed by atoms with Crippen LogP contribution in [-0.4, -0.2) is 29.3 Å². The number of hydrogen-bond acceptors (Lipinski definition) is 4. The fraction of sp³-hybridized carbons (Fsp3) is 0.375. The van der Waals surface area contributed by atoms with Gasteiger partial charge in [-0.05, 0) is 33.8 Å². The first kappa shape index (κ1) is 15.9. The lowest BCUT2D eigenvalue weighted by atomic mass is 10.2. The molecular weight excluding hydrogens is 284 g/mol. The van der Waals surface area contributed by atoms with Crippen LogP contribution in [0.2, 0.25) is 0 Å². The zero-order valence-electron chi connectivity index (χ0n) is 13.1. The van der Waals surface area contributed by atoms with Gasteiger partial charge in [0.25, 0.3) is 0 Å². The molecule has 118 valence electrons. The van der Waals surface area contributed by atoms with E-state index in [1.807, 2.05) is 18.2 Å². The number of esters is 1. The first-order valence-corrected chi connectivity index (χ1v) is 7.09. The number of aromatic nitrogens is 1. The molecule has 1 heterocycles. The maximum absolute atomic E-state index is 12.3. The largest absolute Gasteiger partial charge is 0.455 e. The fourth-order valence-electron chi connectivity index (χ4n) is 2.02. The first-order valence-electron chi connectivity index (χ1n) is 7.09.